The van der Waals surface area contributed by atoms with Crippen LogP contribution in [0.4, 0.5) is 11.4 Å². The maximum Gasteiger partial charge on any atom is 0.254 e. The number of nitrogens with two attached hydrogens (primary N) is 1. The van der Waals surface area contributed by atoms with E-state index in [1.165, 1.54) is 0 Å². The molecule has 0 aliphatic rings. The molecule has 0 radical (unpaired) electrons. The second-order valence-electron chi connectivity index (χ2n) is 7.57. The highest BCUT2D eigenvalue weighted by Crippen LogP contribution is 2.26. The lowest BCUT2D eigenvalue weighted by atomic mass is 10.0. The summed E-state index contributed by atoms with van der Waals surface area (Å²) in [7, 11) is 4.02. The van der Waals surface area contributed by atoms with Gasteiger partial charge in [-0.1, -0.05) is 31.5 Å². The Morgan fingerprint density at radius 2 is 1.77 bits per heavy atom. The zero-order valence-electron chi connectivity index (χ0n) is 16.8. The standard InChI is InChI=1S/C22H31N3O/c1-15(2)17(4)25(22(26)18-9-7-8-16(3)12-18)14-19-13-20(23)10-11-21(19)24(5)6/h7-13,15,17H,14,23H2,1-6H3/t17-/m0/s1. The first-order valence-electron chi connectivity index (χ1n) is 9.14. The summed E-state index contributed by atoms with van der Waals surface area (Å²) in [6.45, 7) is 8.94. The molecular formula is C22H31N3O. The highest BCUT2D eigenvalue weighted by atomic mass is 16.2. The quantitative estimate of drug-likeness (QED) is 0.786. The molecule has 0 aliphatic heterocycles. The van der Waals surface area contributed by atoms with Gasteiger partial charge in [-0.25, -0.2) is 0 Å². The average Bonchev–Trinajstić information content (AvgIpc) is 2.58. The molecule has 1 atom stereocenters. The second-order valence-corrected chi connectivity index (χ2v) is 7.57. The lowest BCUT2D eigenvalue weighted by Crippen LogP contribution is -2.41. The Balaban J connectivity index is 2.44. The van der Waals surface area contributed by atoms with Crippen LogP contribution < -0.4 is 10.6 Å². The first-order valence-corrected chi connectivity index (χ1v) is 9.14. The number of nitrogens with zero attached hydrogens (tertiary/aromatic N) is 2. The number of carbonyl (C=O) groups excluding carboxylic acids is 1. The van der Waals surface area contributed by atoms with Crippen molar-refractivity contribution in [2.75, 3.05) is 24.7 Å². The van der Waals surface area contributed by atoms with E-state index in [-0.39, 0.29) is 11.9 Å². The Bertz CT molecular complexity index is 768. The number of aryl methyl sites for hydroxylation is 1. The van der Waals surface area contributed by atoms with Crippen molar-refractivity contribution in [1.29, 1.82) is 0 Å². The Labute approximate surface area is 157 Å². The molecule has 0 saturated heterocycles. The van der Waals surface area contributed by atoms with Gasteiger partial charge in [0, 0.05) is 43.6 Å². The molecule has 4 heteroatoms. The topological polar surface area (TPSA) is 49.6 Å². The Hall–Kier alpha value is -2.49. The zero-order chi connectivity index (χ0) is 19.4. The van der Waals surface area contributed by atoms with Crippen LogP contribution in [0.5, 0.6) is 0 Å². The number of carbonyl (C=O) groups is 1. The van der Waals surface area contributed by atoms with Gasteiger partial charge in [0.05, 0.1) is 0 Å². The third kappa shape index (κ3) is 4.57. The summed E-state index contributed by atoms with van der Waals surface area (Å²) in [6, 6.07) is 13.8. The number of nitrogen functional groups attached to an aromatic ring is 1. The molecule has 0 saturated carbocycles. The van der Waals surface area contributed by atoms with Crippen molar-refractivity contribution < 1.29 is 4.79 Å². The van der Waals surface area contributed by atoms with Crippen molar-refractivity contribution >= 4 is 17.3 Å². The summed E-state index contributed by atoms with van der Waals surface area (Å²) in [5.41, 5.74) is 10.7. The SMILES string of the molecule is Cc1cccc(C(=O)N(Cc2cc(N)ccc2N(C)C)[C@@H](C)C(C)C)c1. The summed E-state index contributed by atoms with van der Waals surface area (Å²) >= 11 is 0. The van der Waals surface area contributed by atoms with Crippen molar-refractivity contribution in [2.45, 2.75) is 40.3 Å². The average molecular weight is 354 g/mol. The predicted molar refractivity (Wildman–Crippen MR) is 111 cm³/mol. The van der Waals surface area contributed by atoms with Crippen LogP contribution >= 0.6 is 0 Å². The smallest absolute Gasteiger partial charge is 0.254 e. The Morgan fingerprint density at radius 3 is 2.35 bits per heavy atom. The van der Waals surface area contributed by atoms with Gasteiger partial charge in [-0.2, -0.15) is 0 Å². The third-order valence-electron chi connectivity index (χ3n) is 4.91. The molecular weight excluding hydrogens is 322 g/mol. The van der Waals surface area contributed by atoms with Crippen LogP contribution in [0.3, 0.4) is 0 Å². The molecule has 0 spiro atoms. The Morgan fingerprint density at radius 1 is 1.08 bits per heavy atom. The van der Waals surface area contributed by atoms with Gasteiger partial charge in [0.25, 0.3) is 5.91 Å². The van der Waals surface area contributed by atoms with Gasteiger partial charge < -0.3 is 15.5 Å². The minimum Gasteiger partial charge on any atom is -0.399 e. The van der Waals surface area contributed by atoms with E-state index in [4.69, 9.17) is 5.73 Å². The molecule has 0 fully saturated rings. The lowest BCUT2D eigenvalue weighted by molar-refractivity contribution is 0.0628. The zero-order valence-corrected chi connectivity index (χ0v) is 16.8. The normalized spacial score (nSPS) is 12.1. The lowest BCUT2D eigenvalue weighted by Gasteiger charge is -2.33. The summed E-state index contributed by atoms with van der Waals surface area (Å²) in [5.74, 6) is 0.412. The molecule has 0 aliphatic carbocycles. The van der Waals surface area contributed by atoms with Crippen molar-refractivity contribution in [3.63, 3.8) is 0 Å². The highest BCUT2D eigenvalue weighted by Gasteiger charge is 2.25. The van der Waals surface area contributed by atoms with Gasteiger partial charge in [0.15, 0.2) is 0 Å². The van der Waals surface area contributed by atoms with E-state index in [9.17, 15) is 4.79 Å². The monoisotopic (exact) mass is 353 g/mol. The van der Waals surface area contributed by atoms with Crippen LogP contribution in [-0.4, -0.2) is 30.9 Å². The van der Waals surface area contributed by atoms with E-state index in [2.05, 4.69) is 25.7 Å². The number of amides is 1. The third-order valence-corrected chi connectivity index (χ3v) is 4.91. The maximum absolute atomic E-state index is 13.3. The van der Waals surface area contributed by atoms with Crippen LogP contribution in [0.1, 0.15) is 42.3 Å². The predicted octanol–water partition coefficient (Wildman–Crippen LogP) is 4.33. The van der Waals surface area contributed by atoms with Gasteiger partial charge in [-0.15, -0.1) is 0 Å². The first kappa shape index (κ1) is 19.8. The van der Waals surface area contributed by atoms with E-state index >= 15 is 0 Å². The molecule has 0 heterocycles. The highest BCUT2D eigenvalue weighted by molar-refractivity contribution is 5.94. The summed E-state index contributed by atoms with van der Waals surface area (Å²) in [5, 5.41) is 0. The van der Waals surface area contributed by atoms with Gasteiger partial charge in [0.2, 0.25) is 0 Å². The van der Waals surface area contributed by atoms with E-state index in [1.54, 1.807) is 0 Å². The minimum atomic E-state index is 0.0574. The molecule has 4 nitrogen and oxygen atoms in total. The van der Waals surface area contributed by atoms with Gasteiger partial charge in [-0.05, 0) is 55.7 Å². The fraction of sp³-hybridized carbons (Fsp3) is 0.409. The molecule has 2 aromatic carbocycles. The van der Waals surface area contributed by atoms with Crippen LogP contribution in [0.2, 0.25) is 0 Å². The molecule has 1 amide bonds. The van der Waals surface area contributed by atoms with Crippen LogP contribution in [0, 0.1) is 12.8 Å². The van der Waals surface area contributed by atoms with Gasteiger partial charge in [-0.3, -0.25) is 4.79 Å². The number of hydrogen-bond acceptors (Lipinski definition) is 3. The molecule has 2 N–H and O–H groups in total. The van der Waals surface area contributed by atoms with Crippen LogP contribution in [0.25, 0.3) is 0 Å². The number of anilines is 2. The molecule has 26 heavy (non-hydrogen) atoms. The van der Waals surface area contributed by atoms with E-state index in [0.29, 0.717) is 18.2 Å². The Kier molecular flexibility index (Phi) is 6.30. The summed E-state index contributed by atoms with van der Waals surface area (Å²) < 4.78 is 0. The molecule has 0 unspecified atom stereocenters. The number of hydrogen-bond donors (Lipinski definition) is 1. The fourth-order valence-electron chi connectivity index (χ4n) is 3.06. The first-order chi connectivity index (χ1) is 12.2. The van der Waals surface area contributed by atoms with Crippen molar-refractivity contribution in [2.24, 2.45) is 5.92 Å². The van der Waals surface area contributed by atoms with E-state index in [1.807, 2.05) is 68.4 Å². The second kappa shape index (κ2) is 8.26. The summed E-state index contributed by atoms with van der Waals surface area (Å²) in [6.07, 6.45) is 0. The van der Waals surface area contributed by atoms with E-state index < -0.39 is 0 Å². The number of rotatable bonds is 6. The van der Waals surface area contributed by atoms with Gasteiger partial charge >= 0.3 is 0 Å². The van der Waals surface area contributed by atoms with Crippen molar-refractivity contribution in [1.82, 2.24) is 4.90 Å². The largest absolute Gasteiger partial charge is 0.399 e. The fourth-order valence-corrected chi connectivity index (χ4v) is 3.06. The number of benzene rings is 2. The molecule has 0 bridgehead atoms. The molecule has 2 rings (SSSR count). The van der Waals surface area contributed by atoms with Gasteiger partial charge in [0.1, 0.15) is 0 Å². The van der Waals surface area contributed by atoms with Crippen molar-refractivity contribution in [3.05, 3.63) is 59.2 Å². The molecule has 140 valence electrons. The van der Waals surface area contributed by atoms with Crippen LogP contribution in [-0.2, 0) is 6.54 Å². The summed E-state index contributed by atoms with van der Waals surface area (Å²) in [4.78, 5) is 17.3. The minimum absolute atomic E-state index is 0.0574. The van der Waals surface area contributed by atoms with Crippen LogP contribution in [0.15, 0.2) is 42.5 Å². The maximum atomic E-state index is 13.3. The molecule has 2 aromatic rings. The van der Waals surface area contributed by atoms with Crippen molar-refractivity contribution in [3.8, 4) is 0 Å². The van der Waals surface area contributed by atoms with E-state index in [0.717, 1.165) is 22.4 Å². The molecule has 0 aromatic heterocycles.